The van der Waals surface area contributed by atoms with Crippen molar-refractivity contribution in [3.8, 4) is 11.6 Å². The molecule has 0 radical (unpaired) electrons. The van der Waals surface area contributed by atoms with Crippen molar-refractivity contribution in [3.63, 3.8) is 0 Å². The van der Waals surface area contributed by atoms with Gasteiger partial charge in [-0.1, -0.05) is 23.7 Å². The summed E-state index contributed by atoms with van der Waals surface area (Å²) in [7, 11) is 1.63. The molecule has 0 aliphatic heterocycles. The number of methoxy groups -OCH3 is 1. The van der Waals surface area contributed by atoms with Gasteiger partial charge in [0.1, 0.15) is 17.4 Å². The van der Waals surface area contributed by atoms with Crippen molar-refractivity contribution in [2.45, 2.75) is 12.5 Å². The molecule has 2 aromatic rings. The van der Waals surface area contributed by atoms with Crippen molar-refractivity contribution in [1.29, 1.82) is 0 Å². The van der Waals surface area contributed by atoms with E-state index in [0.29, 0.717) is 23.4 Å². The molecule has 0 fully saturated rings. The summed E-state index contributed by atoms with van der Waals surface area (Å²) in [6.07, 6.45) is 1.65. The molecular formula is C14H13Cl2NO2. The Kier molecular flexibility index (Phi) is 4.88. The average molecular weight is 298 g/mol. The number of hydrogen-bond acceptors (Lipinski definition) is 3. The van der Waals surface area contributed by atoms with E-state index in [-0.39, 0.29) is 0 Å². The number of nitrogens with zero attached hydrogens (tertiary/aromatic N) is 1. The first-order valence-electron chi connectivity index (χ1n) is 5.69. The predicted octanol–water partition coefficient (Wildman–Crippen LogP) is 4.06. The second-order valence-electron chi connectivity index (χ2n) is 3.90. The molecule has 0 amide bonds. The lowest BCUT2D eigenvalue weighted by atomic mass is 10.2. The van der Waals surface area contributed by atoms with E-state index in [9.17, 15) is 0 Å². The molecule has 1 aromatic heterocycles. The van der Waals surface area contributed by atoms with Gasteiger partial charge in [0.15, 0.2) is 0 Å². The standard InChI is InChI=1S/C14H13Cl2NO2/c1-18-12-4-2-10(3-5-12)9-19-14-13(16)6-11(7-15)8-17-14/h2-6,8H,7,9H2,1H3. The van der Waals surface area contributed by atoms with Crippen LogP contribution in [0.15, 0.2) is 36.5 Å². The predicted molar refractivity (Wildman–Crippen MR) is 76.1 cm³/mol. The molecule has 5 heteroatoms. The Hall–Kier alpha value is -1.45. The molecule has 0 aliphatic rings. The van der Waals surface area contributed by atoms with Crippen molar-refractivity contribution in [3.05, 3.63) is 52.7 Å². The normalized spacial score (nSPS) is 10.3. The van der Waals surface area contributed by atoms with Crippen LogP contribution in [0.5, 0.6) is 11.6 Å². The zero-order valence-electron chi connectivity index (χ0n) is 10.4. The molecule has 19 heavy (non-hydrogen) atoms. The lowest BCUT2D eigenvalue weighted by molar-refractivity contribution is 0.294. The lowest BCUT2D eigenvalue weighted by Crippen LogP contribution is -1.98. The Balaban J connectivity index is 2.01. The molecule has 0 N–H and O–H groups in total. The number of hydrogen-bond donors (Lipinski definition) is 0. The SMILES string of the molecule is COc1ccc(COc2ncc(CCl)cc2Cl)cc1. The summed E-state index contributed by atoms with van der Waals surface area (Å²) in [6, 6.07) is 9.37. The van der Waals surface area contributed by atoms with Crippen molar-refractivity contribution < 1.29 is 9.47 Å². The summed E-state index contributed by atoms with van der Waals surface area (Å²) in [6.45, 7) is 0.400. The van der Waals surface area contributed by atoms with E-state index in [1.54, 1.807) is 19.4 Å². The number of benzene rings is 1. The Morgan fingerprint density at radius 2 is 1.89 bits per heavy atom. The Labute approximate surface area is 122 Å². The van der Waals surface area contributed by atoms with Gasteiger partial charge in [0.25, 0.3) is 0 Å². The van der Waals surface area contributed by atoms with Gasteiger partial charge in [-0.2, -0.15) is 0 Å². The summed E-state index contributed by atoms with van der Waals surface area (Å²) in [4.78, 5) is 4.13. The molecule has 1 heterocycles. The van der Waals surface area contributed by atoms with Gasteiger partial charge in [-0.15, -0.1) is 11.6 Å². The summed E-state index contributed by atoms with van der Waals surface area (Å²) in [5.74, 6) is 1.60. The molecule has 0 bridgehead atoms. The topological polar surface area (TPSA) is 31.4 Å². The molecule has 0 spiro atoms. The minimum atomic E-state index is 0.380. The number of aromatic nitrogens is 1. The van der Waals surface area contributed by atoms with Crippen molar-refractivity contribution >= 4 is 23.2 Å². The minimum absolute atomic E-state index is 0.380. The van der Waals surface area contributed by atoms with Crippen LogP contribution in [-0.2, 0) is 12.5 Å². The maximum absolute atomic E-state index is 6.06. The molecule has 0 atom stereocenters. The quantitative estimate of drug-likeness (QED) is 0.780. The van der Waals surface area contributed by atoms with Gasteiger partial charge in [0.2, 0.25) is 5.88 Å². The highest BCUT2D eigenvalue weighted by Crippen LogP contribution is 2.24. The van der Waals surface area contributed by atoms with Crippen molar-refractivity contribution in [2.24, 2.45) is 0 Å². The Morgan fingerprint density at radius 3 is 2.47 bits per heavy atom. The van der Waals surface area contributed by atoms with Gasteiger partial charge >= 0.3 is 0 Å². The van der Waals surface area contributed by atoms with E-state index >= 15 is 0 Å². The number of pyridine rings is 1. The molecule has 2 rings (SSSR count). The molecule has 0 unspecified atom stereocenters. The monoisotopic (exact) mass is 297 g/mol. The van der Waals surface area contributed by atoms with Crippen LogP contribution in [0.4, 0.5) is 0 Å². The molecule has 0 aliphatic carbocycles. The minimum Gasteiger partial charge on any atom is -0.497 e. The fourth-order valence-corrected chi connectivity index (χ4v) is 1.91. The summed E-state index contributed by atoms with van der Waals surface area (Å²) >= 11 is 11.8. The highest BCUT2D eigenvalue weighted by Gasteiger charge is 2.05. The number of rotatable bonds is 5. The molecule has 0 saturated carbocycles. The van der Waals surface area contributed by atoms with Gasteiger partial charge in [0.05, 0.1) is 7.11 Å². The van der Waals surface area contributed by atoms with E-state index in [0.717, 1.165) is 16.9 Å². The first-order valence-corrected chi connectivity index (χ1v) is 6.60. The molecular weight excluding hydrogens is 285 g/mol. The lowest BCUT2D eigenvalue weighted by Gasteiger charge is -2.08. The van der Waals surface area contributed by atoms with Gasteiger partial charge in [-0.25, -0.2) is 4.98 Å². The van der Waals surface area contributed by atoms with E-state index in [1.807, 2.05) is 24.3 Å². The third-order valence-electron chi connectivity index (χ3n) is 2.55. The maximum atomic E-state index is 6.06. The highest BCUT2D eigenvalue weighted by atomic mass is 35.5. The maximum Gasteiger partial charge on any atom is 0.232 e. The summed E-state index contributed by atoms with van der Waals surface area (Å²) < 4.78 is 10.7. The third kappa shape index (κ3) is 3.75. The van der Waals surface area contributed by atoms with Crippen LogP contribution >= 0.6 is 23.2 Å². The fourth-order valence-electron chi connectivity index (χ4n) is 1.52. The van der Waals surface area contributed by atoms with Gasteiger partial charge in [-0.05, 0) is 29.3 Å². The van der Waals surface area contributed by atoms with Crippen LogP contribution in [0, 0.1) is 0 Å². The Bertz CT molecular complexity index is 544. The zero-order chi connectivity index (χ0) is 13.7. The Morgan fingerprint density at radius 1 is 1.16 bits per heavy atom. The number of alkyl halides is 1. The number of ether oxygens (including phenoxy) is 2. The van der Waals surface area contributed by atoms with E-state index in [2.05, 4.69) is 4.98 Å². The third-order valence-corrected chi connectivity index (χ3v) is 3.13. The number of halogens is 2. The smallest absolute Gasteiger partial charge is 0.232 e. The van der Waals surface area contributed by atoms with E-state index in [1.165, 1.54) is 0 Å². The van der Waals surface area contributed by atoms with E-state index in [4.69, 9.17) is 32.7 Å². The van der Waals surface area contributed by atoms with Gasteiger partial charge < -0.3 is 9.47 Å². The zero-order valence-corrected chi connectivity index (χ0v) is 11.9. The highest BCUT2D eigenvalue weighted by molar-refractivity contribution is 6.32. The van der Waals surface area contributed by atoms with Crippen LogP contribution < -0.4 is 9.47 Å². The fraction of sp³-hybridized carbons (Fsp3) is 0.214. The van der Waals surface area contributed by atoms with Gasteiger partial charge in [0, 0.05) is 12.1 Å². The molecule has 1 aromatic carbocycles. The summed E-state index contributed by atoms with van der Waals surface area (Å²) in [5, 5.41) is 0.465. The van der Waals surface area contributed by atoms with Crippen LogP contribution in [0.3, 0.4) is 0 Å². The summed E-state index contributed by atoms with van der Waals surface area (Å²) in [5.41, 5.74) is 1.88. The average Bonchev–Trinajstić information content (AvgIpc) is 2.46. The van der Waals surface area contributed by atoms with E-state index < -0.39 is 0 Å². The first kappa shape index (κ1) is 14.0. The van der Waals surface area contributed by atoms with Crippen LogP contribution in [0.25, 0.3) is 0 Å². The van der Waals surface area contributed by atoms with Gasteiger partial charge in [-0.3, -0.25) is 0 Å². The first-order chi connectivity index (χ1) is 9.22. The van der Waals surface area contributed by atoms with Crippen LogP contribution in [0.1, 0.15) is 11.1 Å². The molecule has 3 nitrogen and oxygen atoms in total. The molecule has 0 saturated heterocycles. The van der Waals surface area contributed by atoms with Crippen molar-refractivity contribution in [1.82, 2.24) is 4.98 Å². The largest absolute Gasteiger partial charge is 0.497 e. The van der Waals surface area contributed by atoms with Crippen LogP contribution in [0.2, 0.25) is 5.02 Å². The van der Waals surface area contributed by atoms with Crippen LogP contribution in [-0.4, -0.2) is 12.1 Å². The second kappa shape index (κ2) is 6.64. The second-order valence-corrected chi connectivity index (χ2v) is 4.58. The van der Waals surface area contributed by atoms with Crippen molar-refractivity contribution in [2.75, 3.05) is 7.11 Å². The molecule has 100 valence electrons.